The Bertz CT molecular complexity index is 865. The molecule has 0 spiro atoms. The lowest BCUT2D eigenvalue weighted by Crippen LogP contribution is -2.43. The molecule has 1 amide bonds. The number of nitro benzene ring substituents is 1. The van der Waals surface area contributed by atoms with Crippen LogP contribution >= 0.6 is 0 Å². The van der Waals surface area contributed by atoms with Crippen LogP contribution < -0.4 is 10.6 Å². The van der Waals surface area contributed by atoms with E-state index in [-0.39, 0.29) is 18.0 Å². The zero-order chi connectivity index (χ0) is 21.3. The third kappa shape index (κ3) is 6.53. The van der Waals surface area contributed by atoms with Crippen LogP contribution in [0.2, 0.25) is 0 Å². The van der Waals surface area contributed by atoms with Crippen LogP contribution in [-0.4, -0.2) is 60.4 Å². The number of nitrogens with one attached hydrogen (secondary N) is 2. The fourth-order valence-corrected chi connectivity index (χ4v) is 3.48. The predicted molar refractivity (Wildman–Crippen MR) is 117 cm³/mol. The summed E-state index contributed by atoms with van der Waals surface area (Å²) in [6.07, 6.45) is 0.243. The molecule has 1 heterocycles. The number of hydrogen-bond donors (Lipinski definition) is 2. The normalized spacial score (nSPS) is 15.0. The van der Waals surface area contributed by atoms with E-state index in [9.17, 15) is 14.9 Å². The molecule has 30 heavy (non-hydrogen) atoms. The van der Waals surface area contributed by atoms with Gasteiger partial charge >= 0.3 is 0 Å². The minimum Gasteiger partial charge on any atom is -0.379 e. The minimum absolute atomic E-state index is 0.00933. The van der Waals surface area contributed by atoms with Crippen molar-refractivity contribution < 1.29 is 9.72 Å². The van der Waals surface area contributed by atoms with Crippen LogP contribution in [-0.2, 0) is 17.9 Å². The summed E-state index contributed by atoms with van der Waals surface area (Å²) in [7, 11) is 2.15. The van der Waals surface area contributed by atoms with Gasteiger partial charge in [-0.05, 0) is 24.2 Å². The van der Waals surface area contributed by atoms with Gasteiger partial charge in [-0.3, -0.25) is 19.8 Å². The van der Waals surface area contributed by atoms with Crippen molar-refractivity contribution in [3.63, 3.8) is 0 Å². The number of rotatable bonds is 9. The van der Waals surface area contributed by atoms with Gasteiger partial charge in [0, 0.05) is 58.3 Å². The average molecular weight is 412 g/mol. The Morgan fingerprint density at radius 2 is 1.80 bits per heavy atom. The van der Waals surface area contributed by atoms with Crippen molar-refractivity contribution in [3.05, 3.63) is 69.8 Å². The summed E-state index contributed by atoms with van der Waals surface area (Å²) in [6, 6.07) is 14.7. The summed E-state index contributed by atoms with van der Waals surface area (Å²) >= 11 is 0. The third-order valence-corrected chi connectivity index (χ3v) is 5.25. The maximum absolute atomic E-state index is 12.2. The molecular weight excluding hydrogens is 382 g/mol. The number of anilines is 1. The Balaban J connectivity index is 1.42. The number of likely N-dealkylation sites (N-methyl/N-ethyl adjacent to an activating group) is 1. The van der Waals surface area contributed by atoms with E-state index < -0.39 is 4.92 Å². The second kappa shape index (κ2) is 10.7. The second-order valence-electron chi connectivity index (χ2n) is 7.63. The van der Waals surface area contributed by atoms with Crippen molar-refractivity contribution in [2.45, 2.75) is 19.5 Å². The van der Waals surface area contributed by atoms with Crippen LogP contribution in [0.1, 0.15) is 17.5 Å². The Labute approximate surface area is 177 Å². The molecule has 0 radical (unpaired) electrons. The molecule has 8 nitrogen and oxygen atoms in total. The van der Waals surface area contributed by atoms with E-state index in [2.05, 4.69) is 39.6 Å². The highest BCUT2D eigenvalue weighted by molar-refractivity contribution is 5.76. The summed E-state index contributed by atoms with van der Waals surface area (Å²) in [5.74, 6) is -0.0921. The summed E-state index contributed by atoms with van der Waals surface area (Å²) in [4.78, 5) is 27.5. The Kier molecular flexibility index (Phi) is 7.75. The summed E-state index contributed by atoms with van der Waals surface area (Å²) in [6.45, 7) is 6.07. The molecule has 0 saturated carbocycles. The second-order valence-corrected chi connectivity index (χ2v) is 7.63. The summed E-state index contributed by atoms with van der Waals surface area (Å²) in [5, 5.41) is 16.9. The molecule has 1 aliphatic rings. The van der Waals surface area contributed by atoms with Gasteiger partial charge in [-0.2, -0.15) is 0 Å². The smallest absolute Gasteiger partial charge is 0.292 e. The number of nitro groups is 1. The molecule has 2 N–H and O–H groups in total. The van der Waals surface area contributed by atoms with Crippen LogP contribution in [0.3, 0.4) is 0 Å². The van der Waals surface area contributed by atoms with E-state index in [1.807, 2.05) is 12.1 Å². The summed E-state index contributed by atoms with van der Waals surface area (Å²) in [5.41, 5.74) is 2.76. The highest BCUT2D eigenvalue weighted by Crippen LogP contribution is 2.22. The van der Waals surface area contributed by atoms with Gasteiger partial charge in [-0.25, -0.2) is 0 Å². The first-order valence-electron chi connectivity index (χ1n) is 10.2. The van der Waals surface area contributed by atoms with Crippen molar-refractivity contribution in [1.29, 1.82) is 0 Å². The number of carbonyl (C=O) groups excluding carboxylic acids is 1. The van der Waals surface area contributed by atoms with Crippen LogP contribution in [0.15, 0.2) is 48.5 Å². The zero-order valence-corrected chi connectivity index (χ0v) is 17.3. The molecule has 2 aromatic rings. The molecule has 2 aromatic carbocycles. The maximum Gasteiger partial charge on any atom is 0.292 e. The number of hydrogen-bond acceptors (Lipinski definition) is 6. The number of piperazine rings is 1. The zero-order valence-electron chi connectivity index (χ0n) is 17.3. The first kappa shape index (κ1) is 21.7. The predicted octanol–water partition coefficient (Wildman–Crippen LogP) is 2.46. The average Bonchev–Trinajstić information content (AvgIpc) is 2.74. The lowest BCUT2D eigenvalue weighted by molar-refractivity contribution is -0.384. The van der Waals surface area contributed by atoms with Gasteiger partial charge in [-0.1, -0.05) is 36.4 Å². The molecule has 160 valence electrons. The first-order chi connectivity index (χ1) is 14.5. The van der Waals surface area contributed by atoms with Crippen LogP contribution in [0.5, 0.6) is 0 Å². The highest BCUT2D eigenvalue weighted by Gasteiger charge is 2.14. The van der Waals surface area contributed by atoms with Crippen molar-refractivity contribution >= 4 is 17.3 Å². The first-order valence-corrected chi connectivity index (χ1v) is 10.2. The lowest BCUT2D eigenvalue weighted by atomic mass is 10.1. The highest BCUT2D eigenvalue weighted by atomic mass is 16.6. The van der Waals surface area contributed by atoms with Crippen LogP contribution in [0.4, 0.5) is 11.4 Å². The van der Waals surface area contributed by atoms with Crippen LogP contribution in [0.25, 0.3) is 0 Å². The molecule has 0 aliphatic carbocycles. The largest absolute Gasteiger partial charge is 0.379 e. The van der Waals surface area contributed by atoms with Crippen LogP contribution in [0, 0.1) is 10.1 Å². The minimum atomic E-state index is -0.433. The molecule has 0 bridgehead atoms. The molecule has 1 aliphatic heterocycles. The van der Waals surface area contributed by atoms with Gasteiger partial charge in [0.2, 0.25) is 5.91 Å². The van der Waals surface area contributed by atoms with Gasteiger partial charge in [0.25, 0.3) is 5.69 Å². The molecule has 1 fully saturated rings. The number of para-hydroxylation sites is 2. The maximum atomic E-state index is 12.2. The number of benzene rings is 2. The lowest BCUT2D eigenvalue weighted by Gasteiger charge is -2.32. The fourth-order valence-electron chi connectivity index (χ4n) is 3.48. The molecule has 0 aromatic heterocycles. The topological polar surface area (TPSA) is 90.8 Å². The van der Waals surface area contributed by atoms with E-state index >= 15 is 0 Å². The molecular formula is C22H29N5O3. The Morgan fingerprint density at radius 1 is 1.07 bits per heavy atom. The van der Waals surface area contributed by atoms with Gasteiger partial charge in [0.15, 0.2) is 0 Å². The SMILES string of the molecule is CN1CCN(Cc2cccc(CNC(=O)CCNc3ccccc3[N+](=O)[O-])c2)CC1. The Morgan fingerprint density at radius 3 is 2.57 bits per heavy atom. The monoisotopic (exact) mass is 411 g/mol. The van der Waals surface area contributed by atoms with Gasteiger partial charge < -0.3 is 15.5 Å². The van der Waals surface area contributed by atoms with Crippen molar-refractivity contribution in [1.82, 2.24) is 15.1 Å². The molecule has 1 saturated heterocycles. The van der Waals surface area contributed by atoms with Crippen molar-refractivity contribution in [2.75, 3.05) is 45.1 Å². The number of nitrogens with zero attached hydrogens (tertiary/aromatic N) is 3. The van der Waals surface area contributed by atoms with Gasteiger partial charge in [-0.15, -0.1) is 0 Å². The fraction of sp³-hybridized carbons (Fsp3) is 0.409. The van der Waals surface area contributed by atoms with E-state index in [0.717, 1.165) is 38.3 Å². The summed E-state index contributed by atoms with van der Waals surface area (Å²) < 4.78 is 0. The Hall–Kier alpha value is -2.97. The number of carbonyl (C=O) groups is 1. The van der Waals surface area contributed by atoms with E-state index in [1.165, 1.54) is 11.6 Å². The molecule has 3 rings (SSSR count). The van der Waals surface area contributed by atoms with Crippen molar-refractivity contribution in [3.8, 4) is 0 Å². The van der Waals surface area contributed by atoms with E-state index in [1.54, 1.807) is 18.2 Å². The quantitative estimate of drug-likeness (QED) is 0.487. The van der Waals surface area contributed by atoms with E-state index in [4.69, 9.17) is 0 Å². The van der Waals surface area contributed by atoms with Gasteiger partial charge in [0.05, 0.1) is 4.92 Å². The van der Waals surface area contributed by atoms with Crippen molar-refractivity contribution in [2.24, 2.45) is 0 Å². The van der Waals surface area contributed by atoms with Gasteiger partial charge in [0.1, 0.15) is 5.69 Å². The molecule has 0 unspecified atom stereocenters. The molecule has 0 atom stereocenters. The third-order valence-electron chi connectivity index (χ3n) is 5.25. The molecule has 8 heteroatoms. The standard InChI is InChI=1S/C22H29N5O3/c1-25-11-13-26(14-12-25)17-19-6-4-5-18(15-19)16-24-22(28)9-10-23-20-7-2-3-8-21(20)27(29)30/h2-8,15,23H,9-14,16-17H2,1H3,(H,24,28). The van der Waals surface area contributed by atoms with E-state index in [0.29, 0.717) is 18.8 Å². The number of amides is 1.